The van der Waals surface area contributed by atoms with Crippen LogP contribution >= 0.6 is 23.4 Å². The molecule has 0 spiro atoms. The first kappa shape index (κ1) is 21.0. The molecule has 1 atom stereocenters. The van der Waals surface area contributed by atoms with Crippen LogP contribution in [0, 0.1) is 11.6 Å². The number of halogens is 3. The minimum Gasteiger partial charge on any atom is -0.325 e. The van der Waals surface area contributed by atoms with Gasteiger partial charge in [-0.3, -0.25) is 9.36 Å². The van der Waals surface area contributed by atoms with Crippen LogP contribution in [0.3, 0.4) is 0 Å². The second-order valence-electron chi connectivity index (χ2n) is 6.09. The largest absolute Gasteiger partial charge is 0.325 e. The van der Waals surface area contributed by atoms with Crippen molar-refractivity contribution in [3.8, 4) is 11.4 Å². The van der Waals surface area contributed by atoms with Gasteiger partial charge in [0.1, 0.15) is 0 Å². The lowest BCUT2D eigenvalue weighted by Gasteiger charge is -2.13. The summed E-state index contributed by atoms with van der Waals surface area (Å²) >= 11 is 7.14. The monoisotopic (exact) mass is 434 g/mol. The van der Waals surface area contributed by atoms with Crippen molar-refractivity contribution >= 4 is 35.0 Å². The normalized spacial score (nSPS) is 11.9. The molecule has 3 aromatic rings. The molecule has 5 nitrogen and oxygen atoms in total. The van der Waals surface area contributed by atoms with Gasteiger partial charge in [0.25, 0.3) is 0 Å². The van der Waals surface area contributed by atoms with E-state index in [4.69, 9.17) is 11.6 Å². The van der Waals surface area contributed by atoms with Crippen LogP contribution in [-0.2, 0) is 11.3 Å². The first-order valence-corrected chi connectivity index (χ1v) is 9.87. The van der Waals surface area contributed by atoms with E-state index in [1.54, 1.807) is 25.1 Å². The smallest absolute Gasteiger partial charge is 0.237 e. The van der Waals surface area contributed by atoms with Gasteiger partial charge < -0.3 is 5.32 Å². The number of benzene rings is 2. The van der Waals surface area contributed by atoms with E-state index in [-0.39, 0.29) is 11.6 Å². The third-order valence-corrected chi connectivity index (χ3v) is 5.30. The third kappa shape index (κ3) is 5.02. The molecule has 0 radical (unpaired) electrons. The maximum atomic E-state index is 13.3. The predicted molar refractivity (Wildman–Crippen MR) is 111 cm³/mol. The van der Waals surface area contributed by atoms with Crippen molar-refractivity contribution in [2.75, 3.05) is 5.32 Å². The Bertz CT molecular complexity index is 1040. The Morgan fingerprint density at radius 3 is 2.62 bits per heavy atom. The molecule has 2 aromatic carbocycles. The van der Waals surface area contributed by atoms with Crippen molar-refractivity contribution in [3.63, 3.8) is 0 Å². The molecule has 1 heterocycles. The molecule has 29 heavy (non-hydrogen) atoms. The Labute approximate surface area is 175 Å². The molecule has 0 saturated carbocycles. The molecule has 0 saturated heterocycles. The van der Waals surface area contributed by atoms with Gasteiger partial charge in [-0.2, -0.15) is 0 Å². The van der Waals surface area contributed by atoms with Crippen molar-refractivity contribution in [1.82, 2.24) is 14.8 Å². The van der Waals surface area contributed by atoms with Crippen LogP contribution in [0.15, 0.2) is 60.3 Å². The minimum atomic E-state index is -1.03. The summed E-state index contributed by atoms with van der Waals surface area (Å²) in [6.07, 6.45) is 1.71. The topological polar surface area (TPSA) is 59.8 Å². The molecule has 1 amide bonds. The summed E-state index contributed by atoms with van der Waals surface area (Å²) in [5, 5.41) is 11.6. The van der Waals surface area contributed by atoms with Gasteiger partial charge in [-0.1, -0.05) is 29.4 Å². The lowest BCUT2D eigenvalue weighted by Crippen LogP contribution is -2.23. The summed E-state index contributed by atoms with van der Waals surface area (Å²) < 4.78 is 28.2. The molecule has 150 valence electrons. The van der Waals surface area contributed by atoms with Crippen molar-refractivity contribution < 1.29 is 13.6 Å². The van der Waals surface area contributed by atoms with Crippen LogP contribution in [0.2, 0.25) is 5.02 Å². The fourth-order valence-electron chi connectivity index (χ4n) is 2.51. The number of amides is 1. The quantitative estimate of drug-likeness (QED) is 0.411. The standard InChI is InChI=1S/C20H17ClF2N4OS/c1-3-10-27-18(13-4-6-14(21)7-5-13)25-26-20(27)29-12(2)19(28)24-15-8-9-16(22)17(23)11-15/h3-9,11-12H,1,10H2,2H3,(H,24,28). The maximum absolute atomic E-state index is 13.3. The SMILES string of the molecule is C=CCn1c(SC(C)C(=O)Nc2ccc(F)c(F)c2)nnc1-c1ccc(Cl)cc1. The van der Waals surface area contributed by atoms with Crippen LogP contribution in [0.1, 0.15) is 6.92 Å². The Morgan fingerprint density at radius 2 is 1.97 bits per heavy atom. The number of nitrogens with zero attached hydrogens (tertiary/aromatic N) is 3. The van der Waals surface area contributed by atoms with E-state index < -0.39 is 16.9 Å². The number of hydrogen-bond donors (Lipinski definition) is 1. The summed E-state index contributed by atoms with van der Waals surface area (Å²) in [4.78, 5) is 12.5. The summed E-state index contributed by atoms with van der Waals surface area (Å²) in [5.74, 6) is -1.75. The van der Waals surface area contributed by atoms with Crippen LogP contribution in [-0.4, -0.2) is 25.9 Å². The van der Waals surface area contributed by atoms with Gasteiger partial charge >= 0.3 is 0 Å². The fraction of sp³-hybridized carbons (Fsp3) is 0.150. The average molecular weight is 435 g/mol. The Hall–Kier alpha value is -2.71. The zero-order valence-corrected chi connectivity index (χ0v) is 17.0. The molecule has 3 rings (SSSR count). The zero-order valence-electron chi connectivity index (χ0n) is 15.4. The summed E-state index contributed by atoms with van der Waals surface area (Å²) in [6.45, 7) is 5.90. The second kappa shape index (κ2) is 9.19. The number of hydrogen-bond acceptors (Lipinski definition) is 4. The minimum absolute atomic E-state index is 0.177. The van der Waals surface area contributed by atoms with Gasteiger partial charge in [0, 0.05) is 28.9 Å². The third-order valence-electron chi connectivity index (χ3n) is 3.97. The lowest BCUT2D eigenvalue weighted by atomic mass is 10.2. The van der Waals surface area contributed by atoms with Crippen LogP contribution < -0.4 is 5.32 Å². The molecule has 0 aliphatic rings. The molecule has 0 aliphatic carbocycles. The van der Waals surface area contributed by atoms with Crippen LogP contribution in [0.5, 0.6) is 0 Å². The number of anilines is 1. The predicted octanol–water partition coefficient (Wildman–Crippen LogP) is 5.18. The van der Waals surface area contributed by atoms with E-state index >= 15 is 0 Å². The number of allylic oxidation sites excluding steroid dienone is 1. The summed E-state index contributed by atoms with van der Waals surface area (Å²) in [5.41, 5.74) is 1.00. The molecular formula is C20H17ClF2N4OS. The van der Waals surface area contributed by atoms with Gasteiger partial charge in [0.15, 0.2) is 22.6 Å². The van der Waals surface area contributed by atoms with Crippen LogP contribution in [0.25, 0.3) is 11.4 Å². The van der Waals surface area contributed by atoms with E-state index in [0.29, 0.717) is 22.5 Å². The van der Waals surface area contributed by atoms with Gasteiger partial charge in [0.2, 0.25) is 5.91 Å². The van der Waals surface area contributed by atoms with E-state index in [2.05, 4.69) is 22.1 Å². The highest BCUT2D eigenvalue weighted by atomic mass is 35.5. The second-order valence-corrected chi connectivity index (χ2v) is 7.83. The van der Waals surface area contributed by atoms with Gasteiger partial charge in [-0.05, 0) is 43.3 Å². The number of thioether (sulfide) groups is 1. The van der Waals surface area contributed by atoms with Gasteiger partial charge in [-0.15, -0.1) is 16.8 Å². The van der Waals surface area contributed by atoms with Gasteiger partial charge in [0.05, 0.1) is 5.25 Å². The molecular weight excluding hydrogens is 418 g/mol. The first-order chi connectivity index (χ1) is 13.9. The molecule has 1 unspecified atom stereocenters. The van der Waals surface area contributed by atoms with Crippen LogP contribution in [0.4, 0.5) is 14.5 Å². The Kier molecular flexibility index (Phi) is 6.66. The molecule has 1 aromatic heterocycles. The highest BCUT2D eigenvalue weighted by Crippen LogP contribution is 2.28. The Morgan fingerprint density at radius 1 is 1.24 bits per heavy atom. The molecule has 0 aliphatic heterocycles. The number of nitrogens with one attached hydrogen (secondary N) is 1. The summed E-state index contributed by atoms with van der Waals surface area (Å²) in [6, 6.07) is 10.4. The highest BCUT2D eigenvalue weighted by Gasteiger charge is 2.21. The zero-order chi connectivity index (χ0) is 21.0. The summed E-state index contributed by atoms with van der Waals surface area (Å²) in [7, 11) is 0. The lowest BCUT2D eigenvalue weighted by molar-refractivity contribution is -0.115. The van der Waals surface area contributed by atoms with E-state index in [0.717, 1.165) is 17.7 Å². The molecule has 9 heteroatoms. The molecule has 0 bridgehead atoms. The highest BCUT2D eigenvalue weighted by molar-refractivity contribution is 8.00. The van der Waals surface area contributed by atoms with Crippen molar-refractivity contribution in [2.24, 2.45) is 0 Å². The van der Waals surface area contributed by atoms with Crippen molar-refractivity contribution in [1.29, 1.82) is 0 Å². The number of aromatic nitrogens is 3. The van der Waals surface area contributed by atoms with E-state index in [1.807, 2.05) is 16.7 Å². The van der Waals surface area contributed by atoms with E-state index in [1.165, 1.54) is 17.8 Å². The Balaban J connectivity index is 1.77. The maximum Gasteiger partial charge on any atom is 0.237 e. The number of rotatable bonds is 7. The fourth-order valence-corrected chi connectivity index (χ4v) is 3.50. The number of carbonyl (C=O) groups excluding carboxylic acids is 1. The molecule has 0 fully saturated rings. The van der Waals surface area contributed by atoms with E-state index in [9.17, 15) is 13.6 Å². The van der Waals surface area contributed by atoms with Crippen molar-refractivity contribution in [2.45, 2.75) is 23.9 Å². The first-order valence-electron chi connectivity index (χ1n) is 8.61. The van der Waals surface area contributed by atoms with Gasteiger partial charge in [-0.25, -0.2) is 8.78 Å². The van der Waals surface area contributed by atoms with Crippen molar-refractivity contribution in [3.05, 3.63) is 71.8 Å². The molecule has 1 N–H and O–H groups in total. The number of carbonyl (C=O) groups is 1. The average Bonchev–Trinajstić information content (AvgIpc) is 3.08.